The molecule has 2 nitrogen and oxygen atoms in total. The van der Waals surface area contributed by atoms with Gasteiger partial charge in [-0.1, -0.05) is 18.6 Å². The summed E-state index contributed by atoms with van der Waals surface area (Å²) in [7, 11) is 1.49. The summed E-state index contributed by atoms with van der Waals surface area (Å²) in [6.45, 7) is 11.9. The lowest BCUT2D eigenvalue weighted by Crippen LogP contribution is -2.45. The van der Waals surface area contributed by atoms with E-state index in [0.29, 0.717) is 12.1 Å². The van der Waals surface area contributed by atoms with Gasteiger partial charge in [-0.05, 0) is 27.7 Å². The van der Waals surface area contributed by atoms with Crippen LogP contribution in [0.25, 0.3) is 0 Å². The summed E-state index contributed by atoms with van der Waals surface area (Å²) >= 11 is 4.24. The van der Waals surface area contributed by atoms with Crippen molar-refractivity contribution in [3.63, 3.8) is 0 Å². The second kappa shape index (κ2) is 6.13. The Kier molecular flexibility index (Phi) is 6.45. The van der Waals surface area contributed by atoms with Gasteiger partial charge < -0.3 is 0 Å². The Hall–Kier alpha value is 0.620. The molecule has 12 heavy (non-hydrogen) atoms. The van der Waals surface area contributed by atoms with Crippen molar-refractivity contribution >= 4 is 22.6 Å². The Bertz CT molecular complexity index is 104. The molecule has 0 aliphatic rings. The zero-order valence-corrected chi connectivity index (χ0v) is 10.3. The van der Waals surface area contributed by atoms with Crippen LogP contribution in [-0.4, -0.2) is 28.1 Å². The molecule has 0 radical (unpaired) electrons. The van der Waals surface area contributed by atoms with E-state index in [-0.39, 0.29) is 0 Å². The first-order valence-electron chi connectivity index (χ1n) is 4.41. The molecule has 0 aromatic rings. The molecule has 0 aromatic carbocycles. The number of rotatable bonds is 5. The number of hydrazine groups is 1. The Labute approximate surface area is 85.6 Å². The summed E-state index contributed by atoms with van der Waals surface area (Å²) in [6, 6.07) is 1.03. The highest BCUT2D eigenvalue weighted by Crippen LogP contribution is 2.22. The van der Waals surface area contributed by atoms with Gasteiger partial charge in [0, 0.05) is 29.6 Å². The van der Waals surface area contributed by atoms with E-state index < -0.39 is 0 Å². The zero-order chi connectivity index (χ0) is 9.72. The van der Waals surface area contributed by atoms with E-state index in [4.69, 9.17) is 0 Å². The van der Waals surface area contributed by atoms with Crippen molar-refractivity contribution in [3.05, 3.63) is 0 Å². The van der Waals surface area contributed by atoms with E-state index in [0.717, 1.165) is 6.54 Å². The molecule has 0 saturated heterocycles. The zero-order valence-electron chi connectivity index (χ0n) is 8.61. The van der Waals surface area contributed by atoms with Crippen molar-refractivity contribution in [2.75, 3.05) is 6.54 Å². The fraction of sp³-hybridized carbons (Fsp3) is 1.00. The first kappa shape index (κ1) is 12.6. The van der Waals surface area contributed by atoms with Crippen LogP contribution in [-0.2, 0) is 0 Å². The fourth-order valence-electron chi connectivity index (χ4n) is 1.17. The molecule has 0 unspecified atom stereocenters. The first-order valence-corrected chi connectivity index (χ1v) is 6.24. The maximum atomic E-state index is 4.24. The van der Waals surface area contributed by atoms with Crippen molar-refractivity contribution in [1.82, 2.24) is 9.42 Å². The number of thiol groups is 1. The number of hydrogen-bond acceptors (Lipinski definition) is 4. The molecule has 0 fully saturated rings. The predicted octanol–water partition coefficient (Wildman–Crippen LogP) is 2.84. The molecular weight excluding hydrogens is 188 g/mol. The SMILES string of the molecule is CCN(C(C)C)N(SS)C(C)C. The molecule has 0 rings (SSSR count). The van der Waals surface area contributed by atoms with Gasteiger partial charge in [0.15, 0.2) is 0 Å². The summed E-state index contributed by atoms with van der Waals surface area (Å²) in [4.78, 5) is 0. The normalized spacial score (nSPS) is 12.5. The van der Waals surface area contributed by atoms with Gasteiger partial charge in [0.05, 0.1) is 0 Å². The summed E-state index contributed by atoms with van der Waals surface area (Å²) < 4.78 is 2.20. The van der Waals surface area contributed by atoms with Crippen molar-refractivity contribution in [2.24, 2.45) is 0 Å². The van der Waals surface area contributed by atoms with E-state index in [1.807, 2.05) is 0 Å². The highest BCUT2D eigenvalue weighted by molar-refractivity contribution is 8.67. The van der Waals surface area contributed by atoms with E-state index in [9.17, 15) is 0 Å². The topological polar surface area (TPSA) is 6.48 Å². The van der Waals surface area contributed by atoms with E-state index in [2.05, 4.69) is 55.7 Å². The summed E-state index contributed by atoms with van der Waals surface area (Å²) in [5.74, 6) is 0. The molecule has 0 aliphatic carbocycles. The quantitative estimate of drug-likeness (QED) is 0.321. The van der Waals surface area contributed by atoms with Crippen LogP contribution in [0, 0.1) is 0 Å². The van der Waals surface area contributed by atoms with Gasteiger partial charge in [-0.15, -0.1) is 0 Å². The van der Waals surface area contributed by atoms with E-state index >= 15 is 0 Å². The van der Waals surface area contributed by atoms with Gasteiger partial charge >= 0.3 is 0 Å². The third-order valence-electron chi connectivity index (χ3n) is 1.70. The van der Waals surface area contributed by atoms with E-state index in [1.54, 1.807) is 0 Å². The largest absolute Gasteiger partial charge is 0.229 e. The smallest absolute Gasteiger partial charge is 0.0311 e. The summed E-state index contributed by atoms with van der Waals surface area (Å²) in [5.41, 5.74) is 0. The maximum Gasteiger partial charge on any atom is 0.0311 e. The van der Waals surface area contributed by atoms with Crippen LogP contribution in [0.2, 0.25) is 0 Å². The first-order chi connectivity index (χ1) is 5.54. The highest BCUT2D eigenvalue weighted by atomic mass is 33.1. The van der Waals surface area contributed by atoms with Crippen LogP contribution in [0.15, 0.2) is 0 Å². The fourth-order valence-corrected chi connectivity index (χ4v) is 2.60. The van der Waals surface area contributed by atoms with Gasteiger partial charge in [0.25, 0.3) is 0 Å². The average Bonchev–Trinajstić information content (AvgIpc) is 1.98. The third kappa shape index (κ3) is 3.56. The molecule has 0 aliphatic heterocycles. The Morgan fingerprint density at radius 2 is 1.67 bits per heavy atom. The molecule has 0 aromatic heterocycles. The summed E-state index contributed by atoms with van der Waals surface area (Å²) in [5, 5.41) is 2.31. The van der Waals surface area contributed by atoms with Gasteiger partial charge in [-0.3, -0.25) is 0 Å². The Morgan fingerprint density at radius 1 is 1.17 bits per heavy atom. The molecular formula is C8H20N2S2. The molecule has 0 spiro atoms. The number of nitrogens with zero attached hydrogens (tertiary/aromatic N) is 2. The average molecular weight is 208 g/mol. The van der Waals surface area contributed by atoms with Gasteiger partial charge in [-0.25, -0.2) is 5.01 Å². The van der Waals surface area contributed by atoms with Gasteiger partial charge in [-0.2, -0.15) is 4.41 Å². The molecule has 4 heteroatoms. The molecule has 0 N–H and O–H groups in total. The van der Waals surface area contributed by atoms with Crippen molar-refractivity contribution in [1.29, 1.82) is 0 Å². The monoisotopic (exact) mass is 208 g/mol. The second-order valence-corrected chi connectivity index (χ2v) is 4.35. The van der Waals surface area contributed by atoms with Crippen LogP contribution < -0.4 is 0 Å². The molecule has 0 atom stereocenters. The van der Waals surface area contributed by atoms with Crippen LogP contribution in [0.1, 0.15) is 34.6 Å². The van der Waals surface area contributed by atoms with Crippen LogP contribution in [0.4, 0.5) is 0 Å². The molecule has 74 valence electrons. The molecule has 0 saturated carbocycles. The lowest BCUT2D eigenvalue weighted by Gasteiger charge is -2.37. The minimum atomic E-state index is 0.495. The van der Waals surface area contributed by atoms with Crippen molar-refractivity contribution in [2.45, 2.75) is 46.7 Å². The maximum absolute atomic E-state index is 4.24. The lowest BCUT2D eigenvalue weighted by atomic mass is 10.3. The second-order valence-electron chi connectivity index (χ2n) is 3.33. The minimum Gasteiger partial charge on any atom is -0.229 e. The van der Waals surface area contributed by atoms with Crippen LogP contribution >= 0.6 is 22.6 Å². The predicted molar refractivity (Wildman–Crippen MR) is 61.1 cm³/mol. The molecule has 0 bridgehead atoms. The van der Waals surface area contributed by atoms with E-state index in [1.165, 1.54) is 11.0 Å². The van der Waals surface area contributed by atoms with Gasteiger partial charge in [0.1, 0.15) is 0 Å². The minimum absolute atomic E-state index is 0.495. The molecule has 0 amide bonds. The van der Waals surface area contributed by atoms with Crippen molar-refractivity contribution in [3.8, 4) is 0 Å². The van der Waals surface area contributed by atoms with Gasteiger partial charge in [0.2, 0.25) is 0 Å². The lowest BCUT2D eigenvalue weighted by molar-refractivity contribution is 0.0222. The van der Waals surface area contributed by atoms with Crippen LogP contribution in [0.3, 0.4) is 0 Å². The third-order valence-corrected chi connectivity index (χ3v) is 3.00. The Balaban J connectivity index is 4.23. The highest BCUT2D eigenvalue weighted by Gasteiger charge is 2.18. The molecule has 0 heterocycles. The van der Waals surface area contributed by atoms with Crippen molar-refractivity contribution < 1.29 is 0 Å². The summed E-state index contributed by atoms with van der Waals surface area (Å²) in [6.07, 6.45) is 0. The standard InChI is InChI=1S/C8H20N2S2/c1-6-9(7(2)3)10(12-11)8(4)5/h7-8,11H,6H2,1-5H3. The van der Waals surface area contributed by atoms with Crippen LogP contribution in [0.5, 0.6) is 0 Å². The Morgan fingerprint density at radius 3 is 1.75 bits per heavy atom. The number of hydrogen-bond donors (Lipinski definition) is 1.